The quantitative estimate of drug-likeness (QED) is 0.0337. The summed E-state index contributed by atoms with van der Waals surface area (Å²) in [7, 11) is 16.8. The molecule has 0 radical (unpaired) electrons. The first kappa shape index (κ1) is 132. The van der Waals surface area contributed by atoms with Gasteiger partial charge in [-0.2, -0.15) is 0 Å². The van der Waals surface area contributed by atoms with Crippen LogP contribution in [-0.4, -0.2) is 238 Å². The first-order chi connectivity index (χ1) is 60.6. The lowest BCUT2D eigenvalue weighted by molar-refractivity contribution is -0.130. The minimum Gasteiger partial charge on any atom is -0.353 e. The zero-order chi connectivity index (χ0) is 93.0. The van der Waals surface area contributed by atoms with Crippen molar-refractivity contribution in [2.45, 2.75) is 486 Å². The van der Waals surface area contributed by atoms with Crippen LogP contribution in [0.3, 0.4) is 0 Å². The number of amides is 5. The van der Waals surface area contributed by atoms with E-state index in [1.54, 1.807) is 119 Å². The van der Waals surface area contributed by atoms with Gasteiger partial charge < -0.3 is 52.9 Å². The van der Waals surface area contributed by atoms with Gasteiger partial charge >= 0.3 is 0 Å². The molecule has 8 rings (SSSR count). The molecule has 12 atom stereocenters. The molecule has 0 saturated carbocycles. The summed E-state index contributed by atoms with van der Waals surface area (Å²) in [6.45, 7) is 10.5. The maximum absolute atomic E-state index is 12.0. The average Bonchev–Trinajstić information content (AvgIpc) is 1.64. The first-order valence-corrected chi connectivity index (χ1v) is 49.4. The summed E-state index contributed by atoms with van der Waals surface area (Å²) in [5, 5.41) is 0. The molecule has 23 heteroatoms. The van der Waals surface area contributed by atoms with Crippen molar-refractivity contribution in [2.24, 2.45) is 0 Å². The number of benzene rings is 2. The van der Waals surface area contributed by atoms with Gasteiger partial charge in [0.2, 0.25) is 0 Å². The smallest absolute Gasteiger partial charge is 0.254 e. The maximum Gasteiger partial charge on any atom is 0.254 e. The van der Waals surface area contributed by atoms with Crippen molar-refractivity contribution >= 4 is 70.0 Å². The fraction of sp³-hybridized carbons (Fsp3) is 0.780. The van der Waals surface area contributed by atoms with Crippen molar-refractivity contribution < 1.29 is 86.0 Å². The van der Waals surface area contributed by atoms with Gasteiger partial charge in [0.1, 0.15) is 0 Å². The number of nitrogens with zero attached hydrogens (tertiary/aromatic N) is 5. The van der Waals surface area contributed by atoms with Gasteiger partial charge in [0.15, 0.2) is 114 Å². The molecule has 6 saturated heterocycles. The number of epoxide rings is 6. The summed E-state index contributed by atoms with van der Waals surface area (Å²) >= 11 is 0. The summed E-state index contributed by atoms with van der Waals surface area (Å²) in [5.74, 6) is -0.455. The van der Waals surface area contributed by atoms with Gasteiger partial charge in [0.25, 0.3) is 29.5 Å². The SMILES string of the molecule is C.C.C.C.C.C.CC(=O)C1OC1C(=O)c1ccccc1.CCCCCCCCCCCC(=O)C1OC1C(=O)N(C)C.CCCCCCCCCCCCCC(=O)C1OC1C(=O)N(C)C.CCCCCCCCCCCCCCCC(=O)C1OC1C(=O)N(C)C.CCCCCCCCCCCCCCCCCC(=O)C1OC1C(=O)N(C)C.CN(C)C(=O)C1OC1C(=O)c1ccccc1. The molecule has 6 heterocycles. The van der Waals surface area contributed by atoms with Gasteiger partial charge in [-0.25, -0.2) is 0 Å². The normalized spacial score (nSPS) is 19.4. The largest absolute Gasteiger partial charge is 0.353 e. The van der Waals surface area contributed by atoms with E-state index in [4.69, 9.17) is 28.4 Å². The van der Waals surface area contributed by atoms with Crippen LogP contribution in [0.4, 0.5) is 0 Å². The molecule has 132 heavy (non-hydrogen) atoms. The van der Waals surface area contributed by atoms with E-state index in [0.717, 1.165) is 51.4 Å². The Balaban J connectivity index is -0.000000745. The van der Waals surface area contributed by atoms with Crippen LogP contribution in [0.25, 0.3) is 0 Å². The zero-order valence-electron chi connectivity index (χ0n) is 81.1. The van der Waals surface area contributed by atoms with Crippen LogP contribution in [-0.2, 0) is 76.4 Å². The average molecular weight is 1860 g/mol. The Morgan fingerprint density at radius 1 is 0.205 bits per heavy atom. The molecule has 6 aliphatic rings. The molecule has 0 aliphatic carbocycles. The highest BCUT2D eigenvalue weighted by molar-refractivity contribution is 6.06. The molecular formula is C109H195N5O18. The summed E-state index contributed by atoms with van der Waals surface area (Å²) in [6.07, 6.45) is 58.1. The molecule has 0 bridgehead atoms. The molecule has 0 aromatic heterocycles. The highest BCUT2D eigenvalue weighted by Gasteiger charge is 2.54. The van der Waals surface area contributed by atoms with E-state index in [0.29, 0.717) is 36.8 Å². The number of carbonyl (C=O) groups excluding carboxylic acids is 12. The molecule has 764 valence electrons. The van der Waals surface area contributed by atoms with Crippen LogP contribution < -0.4 is 0 Å². The van der Waals surface area contributed by atoms with Crippen LogP contribution in [0.2, 0.25) is 0 Å². The van der Waals surface area contributed by atoms with Gasteiger partial charge in [-0.05, 0) is 32.6 Å². The van der Waals surface area contributed by atoms with E-state index in [1.165, 1.54) is 288 Å². The third-order valence-electron chi connectivity index (χ3n) is 23.8. The fourth-order valence-corrected chi connectivity index (χ4v) is 15.2. The summed E-state index contributed by atoms with van der Waals surface area (Å²) in [5.41, 5.74) is 1.18. The van der Waals surface area contributed by atoms with Crippen molar-refractivity contribution in [3.8, 4) is 0 Å². The van der Waals surface area contributed by atoms with Crippen LogP contribution in [0.15, 0.2) is 60.7 Å². The third-order valence-corrected chi connectivity index (χ3v) is 23.8. The Kier molecular flexibility index (Phi) is 79.0. The van der Waals surface area contributed by atoms with Crippen molar-refractivity contribution in [1.82, 2.24) is 24.5 Å². The maximum atomic E-state index is 12.0. The van der Waals surface area contributed by atoms with E-state index >= 15 is 0 Å². The predicted molar refractivity (Wildman–Crippen MR) is 541 cm³/mol. The van der Waals surface area contributed by atoms with Gasteiger partial charge in [-0.3, -0.25) is 57.5 Å². The Labute approximate surface area is 804 Å². The molecule has 2 aromatic carbocycles. The number of ether oxygens (including phenoxy) is 6. The number of unbranched alkanes of at least 4 members (excludes halogenated alkanes) is 44. The van der Waals surface area contributed by atoms with Crippen molar-refractivity contribution in [3.05, 3.63) is 71.8 Å². The molecule has 12 unspecified atom stereocenters. The van der Waals surface area contributed by atoms with Crippen LogP contribution in [0.1, 0.15) is 434 Å². The number of ketones is 7. The van der Waals surface area contributed by atoms with E-state index in [9.17, 15) is 57.5 Å². The molecule has 23 nitrogen and oxygen atoms in total. The molecule has 6 aliphatic heterocycles. The Hall–Kier alpha value is -6.76. The van der Waals surface area contributed by atoms with Gasteiger partial charge in [0.05, 0.1) is 0 Å². The number of carbonyl (C=O) groups is 12. The van der Waals surface area contributed by atoms with E-state index < -0.39 is 73.2 Å². The number of hydrogen-bond acceptors (Lipinski definition) is 18. The van der Waals surface area contributed by atoms with Crippen molar-refractivity contribution in [3.63, 3.8) is 0 Å². The lowest BCUT2D eigenvalue weighted by Crippen LogP contribution is -2.29. The number of Topliss-reactive ketones (excluding diaryl/α,β-unsaturated/α-hetero) is 7. The summed E-state index contributed by atoms with van der Waals surface area (Å²) in [4.78, 5) is 148. The first-order valence-electron chi connectivity index (χ1n) is 49.4. The predicted octanol–water partition coefficient (Wildman–Crippen LogP) is 23.8. The molecule has 2 aromatic rings. The molecular weight excluding hydrogens is 1670 g/mol. The van der Waals surface area contributed by atoms with Crippen LogP contribution >= 0.6 is 0 Å². The minimum atomic E-state index is -0.600. The van der Waals surface area contributed by atoms with E-state index in [-0.39, 0.29) is 115 Å². The number of likely N-dealkylation sites (N-methyl/N-ethyl adjacent to an activating group) is 5. The monoisotopic (exact) mass is 1860 g/mol. The Morgan fingerprint density at radius 2 is 0.348 bits per heavy atom. The highest BCUT2D eigenvalue weighted by atomic mass is 16.6. The highest BCUT2D eigenvalue weighted by Crippen LogP contribution is 2.33. The standard InChI is InChI=1S/C23H43NO3.C21H39NO3.C19H35NO3.C17H31NO3.C12H13NO3.C11H10O3.6CH4/c1-4-5-6-7-8-9-10-11-12-13-14-15-16-17-18-19-20(25)21-22(27-21)23(26)24(2)3;1-4-5-6-7-8-9-10-11-12-13-14-15-16-17-18(23)19-20(25-19)21(24)22(2)3;1-4-5-6-7-8-9-10-11-12-13-14-15-16(21)17-18(23-17)19(22)20(2)3;1-4-5-6-7-8-9-10-11-12-13-14(19)15-16(21-15)17(20)18(2)3;1-13(2)12(15)11-10(16-11)9(14)8-6-4-3-5-7-8;1-7(12)10-11(14-10)9(13)8-5-3-2-4-6-8;;;;;;/h21-22H,4-19H2,1-3H3;19-20H,4-17H2,1-3H3;17-18H,4-15H2,1-3H3;15-16H,4-13H2,1-3H3;3-7,10-11H,1-2H3;2-6,10-11H,1H3;6*1H4. The number of hydrogen-bond donors (Lipinski definition) is 0. The minimum absolute atomic E-state index is 0. The van der Waals surface area contributed by atoms with Crippen LogP contribution in [0, 0.1) is 0 Å². The summed E-state index contributed by atoms with van der Waals surface area (Å²) in [6, 6.07) is 17.7. The summed E-state index contributed by atoms with van der Waals surface area (Å²) < 4.78 is 31.0. The molecule has 5 amide bonds. The third kappa shape index (κ3) is 58.6. The molecule has 0 spiro atoms. The van der Waals surface area contributed by atoms with Gasteiger partial charge in [-0.15, -0.1) is 0 Å². The fourth-order valence-electron chi connectivity index (χ4n) is 15.2. The van der Waals surface area contributed by atoms with Crippen molar-refractivity contribution in [1.29, 1.82) is 0 Å². The Bertz CT molecular complexity index is 3390. The van der Waals surface area contributed by atoms with Gasteiger partial charge in [0, 0.05) is 107 Å². The van der Waals surface area contributed by atoms with Crippen LogP contribution in [0.5, 0.6) is 0 Å². The van der Waals surface area contributed by atoms with Gasteiger partial charge in [-0.1, -0.05) is 415 Å². The molecule has 6 fully saturated rings. The second kappa shape index (κ2) is 79.3. The number of rotatable bonds is 66. The Morgan fingerprint density at radius 3 is 0.508 bits per heavy atom. The lowest BCUT2D eigenvalue weighted by Gasteiger charge is -2.06. The second-order valence-corrected chi connectivity index (χ2v) is 36.5. The topological polar surface area (TPSA) is 296 Å². The lowest BCUT2D eigenvalue weighted by atomic mass is 10.0. The zero-order valence-corrected chi connectivity index (χ0v) is 81.1. The second-order valence-electron chi connectivity index (χ2n) is 36.5. The van der Waals surface area contributed by atoms with E-state index in [2.05, 4.69) is 27.7 Å². The van der Waals surface area contributed by atoms with Crippen molar-refractivity contribution in [2.75, 3.05) is 70.5 Å². The van der Waals surface area contributed by atoms with E-state index in [1.807, 2.05) is 12.1 Å². The molecule has 0 N–H and O–H groups in total.